The molecule has 160 valence electrons. The van der Waals surface area contributed by atoms with Gasteiger partial charge in [-0.05, 0) is 54.8 Å². The minimum atomic E-state index is -0.0252. The molecule has 3 aromatic rings. The maximum absolute atomic E-state index is 12.4. The molecule has 1 aliphatic carbocycles. The number of carbonyl (C=O) groups is 2. The first-order chi connectivity index (χ1) is 15.2. The summed E-state index contributed by atoms with van der Waals surface area (Å²) in [6.07, 6.45) is 4.17. The van der Waals surface area contributed by atoms with Crippen LogP contribution in [0.4, 0.5) is 5.69 Å². The molecule has 0 aliphatic heterocycles. The molecular weight excluding hydrogens is 390 g/mol. The molecule has 1 aliphatic rings. The molecule has 0 spiro atoms. The minimum Gasteiger partial charge on any atom is -0.468 e. The molecule has 1 aromatic heterocycles. The average molecular weight is 418 g/mol. The summed E-state index contributed by atoms with van der Waals surface area (Å²) in [6, 6.07) is 21.3. The van der Waals surface area contributed by atoms with Crippen LogP contribution in [-0.2, 0) is 17.9 Å². The van der Waals surface area contributed by atoms with Gasteiger partial charge in [-0.25, -0.2) is 0 Å². The normalized spacial score (nSPS) is 13.2. The van der Waals surface area contributed by atoms with E-state index < -0.39 is 0 Å². The molecule has 0 saturated heterocycles. The number of hydrogen-bond acceptors (Lipinski definition) is 4. The van der Waals surface area contributed by atoms with Crippen molar-refractivity contribution in [3.8, 4) is 0 Å². The molecule has 0 unspecified atom stereocenters. The van der Waals surface area contributed by atoms with Crippen LogP contribution >= 0.6 is 0 Å². The molecule has 31 heavy (non-hydrogen) atoms. The van der Waals surface area contributed by atoms with Gasteiger partial charge in [-0.2, -0.15) is 0 Å². The summed E-state index contributed by atoms with van der Waals surface area (Å²) in [4.78, 5) is 26.7. The van der Waals surface area contributed by atoms with Gasteiger partial charge in [0, 0.05) is 36.8 Å². The van der Waals surface area contributed by atoms with Gasteiger partial charge in [0.05, 0.1) is 12.8 Å². The number of rotatable bonds is 10. The highest BCUT2D eigenvalue weighted by Gasteiger charge is 2.23. The van der Waals surface area contributed by atoms with Crippen molar-refractivity contribution in [2.75, 3.05) is 11.9 Å². The monoisotopic (exact) mass is 417 g/mol. The van der Waals surface area contributed by atoms with E-state index in [2.05, 4.69) is 15.5 Å². The number of para-hydroxylation sites is 1. The van der Waals surface area contributed by atoms with Crippen molar-refractivity contribution in [3.05, 3.63) is 89.9 Å². The smallest absolute Gasteiger partial charge is 0.251 e. The van der Waals surface area contributed by atoms with Crippen LogP contribution in [0.1, 0.15) is 40.9 Å². The van der Waals surface area contributed by atoms with Gasteiger partial charge < -0.3 is 15.1 Å². The van der Waals surface area contributed by atoms with Crippen LogP contribution in [-0.4, -0.2) is 29.3 Å². The zero-order valence-electron chi connectivity index (χ0n) is 17.4. The number of nitrogens with zero attached hydrogens (tertiary/aromatic N) is 1. The standard InChI is InChI=1S/C25H27N3O3/c29-24(26-21-5-2-1-3-6-21)14-15-28(18-23-7-4-16-31-23)17-19-8-10-20(11-9-19)25(30)27-22-12-13-22/h1-11,16,22H,12-15,17-18H2,(H,26,29)(H,27,30). The lowest BCUT2D eigenvalue weighted by molar-refractivity contribution is -0.116. The Labute approximate surface area is 182 Å². The molecule has 2 N–H and O–H groups in total. The third-order valence-electron chi connectivity index (χ3n) is 5.21. The van der Waals surface area contributed by atoms with Crippen molar-refractivity contribution < 1.29 is 14.0 Å². The van der Waals surface area contributed by atoms with Crippen LogP contribution in [0.25, 0.3) is 0 Å². The third-order valence-corrected chi connectivity index (χ3v) is 5.21. The van der Waals surface area contributed by atoms with Crippen LogP contribution in [0.2, 0.25) is 0 Å². The number of hydrogen-bond donors (Lipinski definition) is 2. The molecule has 6 nitrogen and oxygen atoms in total. The number of anilines is 1. The Bertz CT molecular complexity index is 981. The Kier molecular flexibility index (Phi) is 6.79. The Morgan fingerprint density at radius 3 is 2.39 bits per heavy atom. The summed E-state index contributed by atoms with van der Waals surface area (Å²) in [5, 5.41) is 5.93. The van der Waals surface area contributed by atoms with E-state index in [0.717, 1.165) is 29.9 Å². The lowest BCUT2D eigenvalue weighted by Crippen LogP contribution is -2.27. The van der Waals surface area contributed by atoms with Crippen molar-refractivity contribution in [1.82, 2.24) is 10.2 Å². The summed E-state index contributed by atoms with van der Waals surface area (Å²) in [5.41, 5.74) is 2.55. The maximum atomic E-state index is 12.4. The molecular formula is C25H27N3O3. The highest BCUT2D eigenvalue weighted by molar-refractivity contribution is 5.94. The Balaban J connectivity index is 1.35. The maximum Gasteiger partial charge on any atom is 0.251 e. The van der Waals surface area contributed by atoms with E-state index in [9.17, 15) is 9.59 Å². The number of amides is 2. The number of benzene rings is 2. The van der Waals surface area contributed by atoms with Crippen LogP contribution in [0.15, 0.2) is 77.4 Å². The predicted molar refractivity (Wildman–Crippen MR) is 119 cm³/mol. The van der Waals surface area contributed by atoms with E-state index in [1.807, 2.05) is 66.7 Å². The van der Waals surface area contributed by atoms with Crippen LogP contribution < -0.4 is 10.6 Å². The van der Waals surface area contributed by atoms with Crippen molar-refractivity contribution in [2.45, 2.75) is 38.4 Å². The van der Waals surface area contributed by atoms with Gasteiger partial charge >= 0.3 is 0 Å². The van der Waals surface area contributed by atoms with Crippen molar-refractivity contribution in [3.63, 3.8) is 0 Å². The van der Waals surface area contributed by atoms with Crippen LogP contribution in [0.5, 0.6) is 0 Å². The molecule has 0 bridgehead atoms. The lowest BCUT2D eigenvalue weighted by Gasteiger charge is -2.21. The lowest BCUT2D eigenvalue weighted by atomic mass is 10.1. The van der Waals surface area contributed by atoms with Gasteiger partial charge in [0.25, 0.3) is 5.91 Å². The highest BCUT2D eigenvalue weighted by atomic mass is 16.3. The van der Waals surface area contributed by atoms with E-state index in [1.54, 1.807) is 6.26 Å². The third kappa shape index (κ3) is 6.55. The zero-order valence-corrected chi connectivity index (χ0v) is 17.4. The van der Waals surface area contributed by atoms with Crippen molar-refractivity contribution >= 4 is 17.5 Å². The molecule has 1 heterocycles. The molecule has 4 rings (SSSR count). The van der Waals surface area contributed by atoms with Gasteiger partial charge in [-0.3, -0.25) is 14.5 Å². The molecule has 2 aromatic carbocycles. The van der Waals surface area contributed by atoms with Crippen molar-refractivity contribution in [2.24, 2.45) is 0 Å². The summed E-state index contributed by atoms with van der Waals surface area (Å²) in [5.74, 6) is 0.811. The van der Waals surface area contributed by atoms with Gasteiger partial charge in [-0.1, -0.05) is 30.3 Å². The highest BCUT2D eigenvalue weighted by Crippen LogP contribution is 2.19. The van der Waals surface area contributed by atoms with Crippen LogP contribution in [0.3, 0.4) is 0 Å². The molecule has 2 amide bonds. The van der Waals surface area contributed by atoms with E-state index in [4.69, 9.17) is 4.42 Å². The molecule has 1 saturated carbocycles. The van der Waals surface area contributed by atoms with Gasteiger partial charge in [0.15, 0.2) is 0 Å². The van der Waals surface area contributed by atoms with Gasteiger partial charge in [0.2, 0.25) is 5.91 Å². The predicted octanol–water partition coefficient (Wildman–Crippen LogP) is 4.20. The van der Waals surface area contributed by atoms with E-state index >= 15 is 0 Å². The fraction of sp³-hybridized carbons (Fsp3) is 0.280. The fourth-order valence-corrected chi connectivity index (χ4v) is 3.36. The molecule has 6 heteroatoms. The minimum absolute atomic E-state index is 0.0147. The number of nitrogens with one attached hydrogen (secondary N) is 2. The van der Waals surface area contributed by atoms with Gasteiger partial charge in [-0.15, -0.1) is 0 Å². The topological polar surface area (TPSA) is 74.6 Å². The number of furan rings is 1. The zero-order chi connectivity index (χ0) is 21.5. The quantitative estimate of drug-likeness (QED) is 0.518. The second kappa shape index (κ2) is 10.1. The van der Waals surface area contributed by atoms with E-state index in [-0.39, 0.29) is 11.8 Å². The number of carbonyl (C=O) groups excluding carboxylic acids is 2. The van der Waals surface area contributed by atoms with Crippen LogP contribution in [0, 0.1) is 0 Å². The first kappa shape index (κ1) is 20.9. The Morgan fingerprint density at radius 2 is 1.71 bits per heavy atom. The SMILES string of the molecule is O=C(CCN(Cc1ccc(C(=O)NC2CC2)cc1)Cc1ccco1)Nc1ccccc1. The molecule has 0 atom stereocenters. The van der Waals surface area contributed by atoms with Gasteiger partial charge in [0.1, 0.15) is 5.76 Å². The fourth-order valence-electron chi connectivity index (χ4n) is 3.36. The molecule has 0 radical (unpaired) electrons. The summed E-state index contributed by atoms with van der Waals surface area (Å²) in [6.45, 7) is 1.85. The average Bonchev–Trinajstić information content (AvgIpc) is 3.45. The largest absolute Gasteiger partial charge is 0.468 e. The van der Waals surface area contributed by atoms with E-state index in [1.165, 1.54) is 0 Å². The second-order valence-electron chi connectivity index (χ2n) is 7.90. The second-order valence-corrected chi connectivity index (χ2v) is 7.90. The Hall–Kier alpha value is -3.38. The summed E-state index contributed by atoms with van der Waals surface area (Å²) >= 11 is 0. The van der Waals surface area contributed by atoms with E-state index in [0.29, 0.717) is 37.7 Å². The Morgan fingerprint density at radius 1 is 0.935 bits per heavy atom. The first-order valence-corrected chi connectivity index (χ1v) is 10.6. The summed E-state index contributed by atoms with van der Waals surface area (Å²) in [7, 11) is 0. The first-order valence-electron chi connectivity index (χ1n) is 10.6. The van der Waals surface area contributed by atoms with Crippen molar-refractivity contribution in [1.29, 1.82) is 0 Å². The summed E-state index contributed by atoms with van der Waals surface area (Å²) < 4.78 is 5.50. The molecule has 1 fully saturated rings.